The molecule has 1 unspecified atom stereocenters. The van der Waals surface area contributed by atoms with Gasteiger partial charge < -0.3 is 14.7 Å². The van der Waals surface area contributed by atoms with Crippen molar-refractivity contribution in [2.75, 3.05) is 16.8 Å². The van der Waals surface area contributed by atoms with Gasteiger partial charge in [0.05, 0.1) is 5.69 Å². The first-order valence-corrected chi connectivity index (χ1v) is 8.58. The smallest absolute Gasteiger partial charge is 0.420 e. The average Bonchev–Trinajstić information content (AvgIpc) is 2.99. The number of nitrogens with one attached hydrogen (secondary N) is 1. The Morgan fingerprint density at radius 3 is 2.54 bits per heavy atom. The lowest BCUT2D eigenvalue weighted by Crippen LogP contribution is -2.32. The summed E-state index contributed by atoms with van der Waals surface area (Å²) >= 11 is 0. The molecule has 0 radical (unpaired) electrons. The predicted molar refractivity (Wildman–Crippen MR) is 96.6 cm³/mol. The number of halogens is 3. The maximum atomic E-state index is 13.7. The molecule has 7 nitrogen and oxygen atoms in total. The summed E-state index contributed by atoms with van der Waals surface area (Å²) in [5.41, 5.74) is -3.35. The molecule has 1 aromatic rings. The van der Waals surface area contributed by atoms with Gasteiger partial charge in [-0.1, -0.05) is 6.08 Å². The monoisotopic (exact) mass is 401 g/mol. The Morgan fingerprint density at radius 1 is 1.39 bits per heavy atom. The van der Waals surface area contributed by atoms with E-state index >= 15 is 0 Å². The highest BCUT2D eigenvalue weighted by Gasteiger charge is 2.40. The number of hydrogen-bond donors (Lipinski definition) is 2. The molecule has 2 rings (SSSR count). The summed E-state index contributed by atoms with van der Waals surface area (Å²) in [4.78, 5) is 28.7. The largest absolute Gasteiger partial charge is 0.476 e. The number of carboxylic acids is 1. The number of rotatable bonds is 4. The van der Waals surface area contributed by atoms with Gasteiger partial charge in [0.25, 0.3) is 0 Å². The Kier molecular flexibility index (Phi) is 5.91. The molecule has 0 bridgehead atoms. The number of pyridine rings is 1. The second-order valence-electron chi connectivity index (χ2n) is 7.32. The number of carbonyl (C=O) groups is 2. The topological polar surface area (TPSA) is 91.8 Å². The average molecular weight is 401 g/mol. The van der Waals surface area contributed by atoms with Crippen LogP contribution in [-0.4, -0.2) is 40.3 Å². The number of hydrogen-bond acceptors (Lipinski definition) is 5. The van der Waals surface area contributed by atoms with Gasteiger partial charge in [-0.05, 0) is 39.7 Å². The number of aromatic nitrogens is 1. The lowest BCUT2D eigenvalue weighted by Gasteiger charge is -2.27. The maximum absolute atomic E-state index is 13.7. The van der Waals surface area contributed by atoms with Crippen LogP contribution < -0.4 is 10.2 Å². The van der Waals surface area contributed by atoms with Crippen LogP contribution in [0.2, 0.25) is 0 Å². The molecule has 0 saturated carbocycles. The van der Waals surface area contributed by atoms with Gasteiger partial charge in [-0.15, -0.1) is 6.58 Å². The summed E-state index contributed by atoms with van der Waals surface area (Å²) < 4.78 is 46.0. The molecule has 1 saturated heterocycles. The maximum Gasteiger partial charge on any atom is 0.420 e. The number of nitrogens with zero attached hydrogens (tertiary/aromatic N) is 2. The predicted octanol–water partition coefficient (Wildman–Crippen LogP) is 4.30. The van der Waals surface area contributed by atoms with E-state index < -0.39 is 46.6 Å². The third-order valence-corrected chi connectivity index (χ3v) is 3.99. The molecule has 154 valence electrons. The fraction of sp³-hybridized carbons (Fsp3) is 0.500. The molecule has 1 atom stereocenters. The molecule has 1 fully saturated rings. The molecule has 2 heterocycles. The van der Waals surface area contributed by atoms with Crippen LogP contribution in [-0.2, 0) is 10.9 Å². The standard InChI is InChI=1S/C18H22F3N3O4/c1-5-10-7-6-8-24(10)14-11(18(19,20)21)9-12(13(23-14)15(25)26)22-16(27)28-17(2,3)4/h5,9-10H,1,6-8H2,2-4H3,(H,22,27)(H,25,26). The zero-order chi connectivity index (χ0) is 21.3. The molecule has 1 aromatic heterocycles. The Bertz CT molecular complexity index is 788. The van der Waals surface area contributed by atoms with E-state index in [2.05, 4.69) is 16.9 Å². The number of alkyl halides is 3. The summed E-state index contributed by atoms with van der Waals surface area (Å²) in [6.07, 6.45) is -3.18. The Morgan fingerprint density at radius 2 is 2.04 bits per heavy atom. The Labute approximate surface area is 160 Å². The van der Waals surface area contributed by atoms with Crippen molar-refractivity contribution < 1.29 is 32.6 Å². The highest BCUT2D eigenvalue weighted by atomic mass is 19.4. The second kappa shape index (κ2) is 7.69. The number of ether oxygens (including phenoxy) is 1. The van der Waals surface area contributed by atoms with Gasteiger partial charge in [-0.3, -0.25) is 5.32 Å². The van der Waals surface area contributed by atoms with Crippen LogP contribution in [0.25, 0.3) is 0 Å². The zero-order valence-corrected chi connectivity index (χ0v) is 15.8. The van der Waals surface area contributed by atoms with Gasteiger partial charge in [0.2, 0.25) is 0 Å². The SMILES string of the molecule is C=CC1CCCN1c1nc(C(=O)O)c(NC(=O)OC(C)(C)C)cc1C(F)(F)F. The van der Waals surface area contributed by atoms with Crippen molar-refractivity contribution in [2.24, 2.45) is 0 Å². The number of carboxylic acid groups (broad SMARTS) is 1. The normalized spacial score (nSPS) is 17.4. The number of amides is 1. The molecule has 28 heavy (non-hydrogen) atoms. The number of aromatic carboxylic acids is 1. The highest BCUT2D eigenvalue weighted by Crippen LogP contribution is 2.40. The van der Waals surface area contributed by atoms with Crippen LogP contribution in [0, 0.1) is 0 Å². The van der Waals surface area contributed by atoms with Crippen LogP contribution in [0.1, 0.15) is 49.7 Å². The van der Waals surface area contributed by atoms with E-state index in [0.717, 1.165) is 0 Å². The molecule has 1 aliphatic rings. The molecule has 0 spiro atoms. The third kappa shape index (κ3) is 4.93. The molecular weight excluding hydrogens is 379 g/mol. The van der Waals surface area contributed by atoms with Gasteiger partial charge >= 0.3 is 18.2 Å². The molecular formula is C18H22F3N3O4. The fourth-order valence-corrected chi connectivity index (χ4v) is 2.90. The van der Waals surface area contributed by atoms with Crippen LogP contribution in [0.5, 0.6) is 0 Å². The van der Waals surface area contributed by atoms with E-state index in [1.807, 2.05) is 0 Å². The summed E-state index contributed by atoms with van der Waals surface area (Å²) in [5.74, 6) is -2.07. The minimum Gasteiger partial charge on any atom is -0.476 e. The van der Waals surface area contributed by atoms with E-state index in [-0.39, 0.29) is 12.6 Å². The first-order chi connectivity index (χ1) is 12.8. The first-order valence-electron chi connectivity index (χ1n) is 8.58. The molecule has 0 aliphatic carbocycles. The molecule has 0 aromatic carbocycles. The van der Waals surface area contributed by atoms with E-state index in [9.17, 15) is 27.9 Å². The molecule has 1 amide bonds. The van der Waals surface area contributed by atoms with E-state index in [0.29, 0.717) is 18.9 Å². The van der Waals surface area contributed by atoms with Gasteiger partial charge in [0.15, 0.2) is 5.69 Å². The van der Waals surface area contributed by atoms with E-state index in [1.165, 1.54) is 11.0 Å². The second-order valence-corrected chi connectivity index (χ2v) is 7.32. The van der Waals surface area contributed by atoms with Crippen molar-refractivity contribution in [3.8, 4) is 0 Å². The minimum absolute atomic E-state index is 0.282. The number of anilines is 2. The number of carbonyl (C=O) groups excluding carboxylic acids is 1. The minimum atomic E-state index is -4.81. The fourth-order valence-electron chi connectivity index (χ4n) is 2.90. The molecule has 1 aliphatic heterocycles. The van der Waals surface area contributed by atoms with E-state index in [4.69, 9.17) is 4.74 Å². The first kappa shape index (κ1) is 21.5. The van der Waals surface area contributed by atoms with Crippen molar-refractivity contribution in [3.63, 3.8) is 0 Å². The zero-order valence-electron chi connectivity index (χ0n) is 15.8. The quantitative estimate of drug-likeness (QED) is 0.731. The van der Waals surface area contributed by atoms with Crippen molar-refractivity contribution in [1.82, 2.24) is 4.98 Å². The summed E-state index contributed by atoms with van der Waals surface area (Å²) in [6.45, 7) is 8.60. The summed E-state index contributed by atoms with van der Waals surface area (Å²) in [6, 6.07) is 0.189. The van der Waals surface area contributed by atoms with Gasteiger partial charge in [-0.2, -0.15) is 13.2 Å². The van der Waals surface area contributed by atoms with Crippen LogP contribution in [0.3, 0.4) is 0 Å². The van der Waals surface area contributed by atoms with Crippen LogP contribution >= 0.6 is 0 Å². The third-order valence-electron chi connectivity index (χ3n) is 3.99. The lowest BCUT2D eigenvalue weighted by atomic mass is 10.1. The lowest BCUT2D eigenvalue weighted by molar-refractivity contribution is -0.137. The van der Waals surface area contributed by atoms with Gasteiger partial charge in [-0.25, -0.2) is 14.6 Å². The van der Waals surface area contributed by atoms with Crippen molar-refractivity contribution in [3.05, 3.63) is 30.0 Å². The summed E-state index contributed by atoms with van der Waals surface area (Å²) in [7, 11) is 0. The highest BCUT2D eigenvalue weighted by molar-refractivity contribution is 5.98. The van der Waals surface area contributed by atoms with Crippen molar-refractivity contribution in [2.45, 2.75) is 51.4 Å². The van der Waals surface area contributed by atoms with Gasteiger partial charge in [0, 0.05) is 12.6 Å². The summed E-state index contributed by atoms with van der Waals surface area (Å²) in [5, 5.41) is 11.5. The Balaban J connectivity index is 2.56. The van der Waals surface area contributed by atoms with Crippen molar-refractivity contribution in [1.29, 1.82) is 0 Å². The Hall–Kier alpha value is -2.78. The van der Waals surface area contributed by atoms with Gasteiger partial charge in [0.1, 0.15) is 17.0 Å². The van der Waals surface area contributed by atoms with E-state index in [1.54, 1.807) is 20.8 Å². The van der Waals surface area contributed by atoms with Crippen molar-refractivity contribution >= 4 is 23.6 Å². The van der Waals surface area contributed by atoms with Crippen LogP contribution in [0.4, 0.5) is 29.5 Å². The molecule has 10 heteroatoms. The molecule has 2 N–H and O–H groups in total. The van der Waals surface area contributed by atoms with Crippen LogP contribution in [0.15, 0.2) is 18.7 Å².